The summed E-state index contributed by atoms with van der Waals surface area (Å²) in [7, 11) is 2.00. The summed E-state index contributed by atoms with van der Waals surface area (Å²) in [6.45, 7) is 4.96. The third-order valence-corrected chi connectivity index (χ3v) is 4.77. The van der Waals surface area contributed by atoms with Crippen LogP contribution in [0.4, 0.5) is 0 Å². The fourth-order valence-electron chi connectivity index (χ4n) is 2.78. The van der Waals surface area contributed by atoms with Crippen LogP contribution in [0.2, 0.25) is 0 Å². The molecule has 2 rings (SSSR count). The molecule has 1 aliphatic rings. The molecule has 0 saturated carbocycles. The van der Waals surface area contributed by atoms with Gasteiger partial charge < -0.3 is 10.2 Å². The molecule has 0 bridgehead atoms. The third kappa shape index (κ3) is 6.82. The minimum absolute atomic E-state index is 0. The van der Waals surface area contributed by atoms with E-state index < -0.39 is 0 Å². The Bertz CT molecular complexity index is 434. The van der Waals surface area contributed by atoms with E-state index in [0.717, 1.165) is 61.9 Å². The molecule has 1 aromatic rings. The van der Waals surface area contributed by atoms with Crippen molar-refractivity contribution in [3.05, 3.63) is 16.1 Å². The number of amides is 1. The normalized spacial score (nSPS) is 15.1. The van der Waals surface area contributed by atoms with Gasteiger partial charge in [0.05, 0.1) is 10.7 Å². The van der Waals surface area contributed by atoms with Gasteiger partial charge in [0.1, 0.15) is 0 Å². The van der Waals surface area contributed by atoms with Crippen molar-refractivity contribution in [2.75, 3.05) is 26.7 Å². The molecular weight excluding hydrogens is 341 g/mol. The second-order valence-corrected chi connectivity index (χ2v) is 6.66. The van der Waals surface area contributed by atoms with Crippen molar-refractivity contribution in [1.29, 1.82) is 0 Å². The van der Waals surface area contributed by atoms with E-state index in [1.807, 2.05) is 18.9 Å². The molecule has 0 unspecified atom stereocenters. The van der Waals surface area contributed by atoms with Crippen molar-refractivity contribution in [2.45, 2.75) is 39.0 Å². The average molecular weight is 368 g/mol. The van der Waals surface area contributed by atoms with Crippen LogP contribution in [-0.4, -0.2) is 42.5 Å². The second-order valence-electron chi connectivity index (χ2n) is 5.59. The highest BCUT2D eigenvalue weighted by atomic mass is 35.5. The summed E-state index contributed by atoms with van der Waals surface area (Å²) in [5, 5.41) is 6.44. The lowest BCUT2D eigenvalue weighted by molar-refractivity contribution is -0.132. The lowest BCUT2D eigenvalue weighted by Crippen LogP contribution is -2.40. The van der Waals surface area contributed by atoms with E-state index in [2.05, 4.69) is 15.7 Å². The first kappa shape index (κ1) is 21.6. The average Bonchev–Trinajstić information content (AvgIpc) is 2.85. The molecule has 4 nitrogen and oxygen atoms in total. The van der Waals surface area contributed by atoms with Crippen molar-refractivity contribution >= 4 is 42.1 Å². The van der Waals surface area contributed by atoms with Crippen molar-refractivity contribution in [2.24, 2.45) is 5.92 Å². The van der Waals surface area contributed by atoms with Crippen molar-refractivity contribution in [3.8, 4) is 0 Å². The highest BCUT2D eigenvalue weighted by Crippen LogP contribution is 2.18. The van der Waals surface area contributed by atoms with Gasteiger partial charge in [-0.15, -0.1) is 36.2 Å². The highest BCUT2D eigenvalue weighted by Gasteiger charge is 2.21. The lowest BCUT2D eigenvalue weighted by Gasteiger charge is -2.32. The Morgan fingerprint density at radius 2 is 2.09 bits per heavy atom. The van der Waals surface area contributed by atoms with Gasteiger partial charge in [0.25, 0.3) is 0 Å². The number of aryl methyl sites for hydroxylation is 2. The van der Waals surface area contributed by atoms with Crippen molar-refractivity contribution < 1.29 is 4.79 Å². The summed E-state index contributed by atoms with van der Waals surface area (Å²) in [4.78, 5) is 18.6. The fraction of sp³-hybridized carbons (Fsp3) is 0.733. The minimum atomic E-state index is 0. The first-order valence-electron chi connectivity index (χ1n) is 7.52. The number of hydrogen-bond acceptors (Lipinski definition) is 4. The monoisotopic (exact) mass is 367 g/mol. The highest BCUT2D eigenvalue weighted by molar-refractivity contribution is 7.09. The Hall–Kier alpha value is -0.360. The van der Waals surface area contributed by atoms with Gasteiger partial charge in [-0.25, -0.2) is 4.98 Å². The minimum Gasteiger partial charge on any atom is -0.343 e. The molecule has 7 heteroatoms. The number of likely N-dealkylation sites (tertiary alicyclic amines) is 1. The SMILES string of the molecule is CNCC1CCN(C(=O)CCCc2csc(C)n2)CC1.Cl.Cl. The van der Waals surface area contributed by atoms with Gasteiger partial charge in [-0.2, -0.15) is 0 Å². The summed E-state index contributed by atoms with van der Waals surface area (Å²) >= 11 is 1.68. The van der Waals surface area contributed by atoms with Gasteiger partial charge in [-0.1, -0.05) is 0 Å². The van der Waals surface area contributed by atoms with Crippen LogP contribution in [0.15, 0.2) is 5.38 Å². The van der Waals surface area contributed by atoms with E-state index in [1.54, 1.807) is 11.3 Å². The maximum absolute atomic E-state index is 12.2. The van der Waals surface area contributed by atoms with Gasteiger partial charge in [-0.05, 0) is 52.1 Å². The van der Waals surface area contributed by atoms with E-state index in [4.69, 9.17) is 0 Å². The zero-order chi connectivity index (χ0) is 14.4. The van der Waals surface area contributed by atoms with Crippen molar-refractivity contribution in [1.82, 2.24) is 15.2 Å². The molecule has 1 saturated heterocycles. The summed E-state index contributed by atoms with van der Waals surface area (Å²) in [6, 6.07) is 0. The first-order chi connectivity index (χ1) is 9.69. The third-order valence-electron chi connectivity index (χ3n) is 3.95. The van der Waals surface area contributed by atoms with E-state index in [1.165, 1.54) is 0 Å². The first-order valence-corrected chi connectivity index (χ1v) is 8.40. The predicted molar refractivity (Wildman–Crippen MR) is 97.5 cm³/mol. The molecule has 1 aliphatic heterocycles. The number of nitrogens with one attached hydrogen (secondary N) is 1. The molecule has 0 aromatic carbocycles. The number of halogens is 2. The van der Waals surface area contributed by atoms with Crippen LogP contribution in [0.1, 0.15) is 36.4 Å². The van der Waals surface area contributed by atoms with E-state index in [0.29, 0.717) is 12.3 Å². The number of hydrogen-bond donors (Lipinski definition) is 1. The smallest absolute Gasteiger partial charge is 0.222 e. The zero-order valence-electron chi connectivity index (χ0n) is 13.3. The van der Waals surface area contributed by atoms with Gasteiger partial charge >= 0.3 is 0 Å². The number of thiazole rings is 1. The lowest BCUT2D eigenvalue weighted by atomic mass is 9.96. The van der Waals surface area contributed by atoms with Gasteiger partial charge in [0, 0.05) is 24.9 Å². The molecule has 0 radical (unpaired) electrons. The maximum Gasteiger partial charge on any atom is 0.222 e. The molecule has 1 aromatic heterocycles. The molecule has 128 valence electrons. The van der Waals surface area contributed by atoms with Crippen LogP contribution in [-0.2, 0) is 11.2 Å². The van der Waals surface area contributed by atoms with Crippen LogP contribution >= 0.6 is 36.2 Å². The summed E-state index contributed by atoms with van der Waals surface area (Å²) in [6.07, 6.45) is 4.77. The van der Waals surface area contributed by atoms with Crippen LogP contribution in [0.25, 0.3) is 0 Å². The van der Waals surface area contributed by atoms with Crippen LogP contribution in [0.3, 0.4) is 0 Å². The molecule has 0 aliphatic carbocycles. The molecule has 2 heterocycles. The Morgan fingerprint density at radius 1 is 1.41 bits per heavy atom. The molecule has 1 amide bonds. The molecule has 0 atom stereocenters. The summed E-state index contributed by atoms with van der Waals surface area (Å²) in [5.41, 5.74) is 1.13. The van der Waals surface area contributed by atoms with E-state index in [9.17, 15) is 4.79 Å². The fourth-order valence-corrected chi connectivity index (χ4v) is 3.42. The Labute approximate surface area is 149 Å². The predicted octanol–water partition coefficient (Wildman–Crippen LogP) is 3.08. The summed E-state index contributed by atoms with van der Waals surface area (Å²) < 4.78 is 0. The number of nitrogens with zero attached hydrogens (tertiary/aromatic N) is 2. The Kier molecular flexibility index (Phi) is 11.0. The largest absolute Gasteiger partial charge is 0.343 e. The standard InChI is InChI=1S/C15H25N3OS.2ClH/c1-12-17-14(11-20-12)4-3-5-15(19)18-8-6-13(7-9-18)10-16-2;;/h11,13,16H,3-10H2,1-2H3;2*1H. The molecule has 0 spiro atoms. The van der Waals surface area contributed by atoms with Gasteiger partial charge in [0.2, 0.25) is 5.91 Å². The van der Waals surface area contributed by atoms with Crippen molar-refractivity contribution in [3.63, 3.8) is 0 Å². The van der Waals surface area contributed by atoms with E-state index >= 15 is 0 Å². The van der Waals surface area contributed by atoms with Crippen LogP contribution in [0.5, 0.6) is 0 Å². The van der Waals surface area contributed by atoms with Gasteiger partial charge in [-0.3, -0.25) is 4.79 Å². The number of aromatic nitrogens is 1. The zero-order valence-corrected chi connectivity index (χ0v) is 15.8. The van der Waals surface area contributed by atoms with Crippen LogP contribution in [0, 0.1) is 12.8 Å². The van der Waals surface area contributed by atoms with E-state index in [-0.39, 0.29) is 24.8 Å². The summed E-state index contributed by atoms with van der Waals surface area (Å²) in [5.74, 6) is 1.06. The van der Waals surface area contributed by atoms with Gasteiger partial charge in [0.15, 0.2) is 0 Å². The topological polar surface area (TPSA) is 45.2 Å². The Balaban J connectivity index is 0.00000220. The number of carbonyl (C=O) groups is 1. The number of rotatable bonds is 6. The Morgan fingerprint density at radius 3 is 2.64 bits per heavy atom. The quantitative estimate of drug-likeness (QED) is 0.839. The second kappa shape index (κ2) is 11.2. The molecular formula is C15H27Cl2N3OS. The van der Waals surface area contributed by atoms with Crippen LogP contribution < -0.4 is 5.32 Å². The number of carbonyl (C=O) groups excluding carboxylic acids is 1. The number of piperidine rings is 1. The molecule has 22 heavy (non-hydrogen) atoms. The molecule has 1 N–H and O–H groups in total. The maximum atomic E-state index is 12.2. The molecule has 1 fully saturated rings.